The van der Waals surface area contributed by atoms with Crippen LogP contribution in [0.25, 0.3) is 0 Å². The Hall–Kier alpha value is -3.95. The number of hydrogen-bond donors (Lipinski definition) is 2. The summed E-state index contributed by atoms with van der Waals surface area (Å²) in [4.78, 5) is 61.1. The zero-order valence-corrected chi connectivity index (χ0v) is 25.8. The van der Waals surface area contributed by atoms with E-state index in [1.807, 2.05) is 71.9 Å². The fourth-order valence-corrected chi connectivity index (χ4v) is 7.33. The fourth-order valence-electron chi connectivity index (χ4n) is 7.33. The van der Waals surface area contributed by atoms with Gasteiger partial charge in [0, 0.05) is 29.4 Å². The summed E-state index contributed by atoms with van der Waals surface area (Å²) >= 11 is 0. The molecule has 2 aromatic rings. The number of carbonyl (C=O) groups is 4. The second-order valence-electron chi connectivity index (χ2n) is 14.6. The summed E-state index contributed by atoms with van der Waals surface area (Å²) in [5, 5.41) is 5.92. The molecule has 2 bridgehead atoms. The van der Waals surface area contributed by atoms with Crippen molar-refractivity contribution in [1.82, 2.24) is 14.8 Å². The Morgan fingerprint density at radius 2 is 1.84 bits per heavy atom. The van der Waals surface area contributed by atoms with E-state index >= 15 is 0 Å². The topological polar surface area (TPSA) is 121 Å². The molecule has 10 nitrogen and oxygen atoms in total. The van der Waals surface area contributed by atoms with Gasteiger partial charge in [0.05, 0.1) is 17.5 Å². The number of carbonyl (C=O) groups excluding carboxylic acids is 4. The minimum atomic E-state index is -0.701. The molecule has 3 unspecified atom stereocenters. The molecule has 4 atom stereocenters. The molecule has 1 aromatic carbocycles. The zero-order valence-electron chi connectivity index (χ0n) is 25.8. The molecule has 43 heavy (non-hydrogen) atoms. The highest BCUT2D eigenvalue weighted by Crippen LogP contribution is 2.47. The molecular weight excluding hydrogens is 546 g/mol. The molecule has 1 spiro atoms. The third-order valence-electron chi connectivity index (χ3n) is 9.16. The molecule has 6 rings (SSSR count). The van der Waals surface area contributed by atoms with Gasteiger partial charge in [0.2, 0.25) is 17.7 Å². The molecular formula is C33H41N5O5. The molecule has 2 aliphatic carbocycles. The molecule has 2 fully saturated rings. The molecule has 3 heterocycles. The molecule has 2 N–H and O–H groups in total. The maximum atomic E-state index is 13.7. The molecule has 0 radical (unpaired) electrons. The van der Waals surface area contributed by atoms with Crippen LogP contribution in [0.3, 0.4) is 0 Å². The van der Waals surface area contributed by atoms with Crippen molar-refractivity contribution in [3.05, 3.63) is 53.2 Å². The Kier molecular flexibility index (Phi) is 6.82. The molecule has 4 aliphatic rings. The van der Waals surface area contributed by atoms with Gasteiger partial charge in [0.1, 0.15) is 18.0 Å². The molecule has 1 aromatic heterocycles. The van der Waals surface area contributed by atoms with Gasteiger partial charge in [-0.1, -0.05) is 32.9 Å². The van der Waals surface area contributed by atoms with Crippen LogP contribution in [-0.4, -0.2) is 69.4 Å². The Morgan fingerprint density at radius 1 is 1.09 bits per heavy atom. The van der Waals surface area contributed by atoms with Gasteiger partial charge in [-0.25, -0.2) is 9.78 Å². The van der Waals surface area contributed by atoms with Gasteiger partial charge in [-0.2, -0.15) is 0 Å². The van der Waals surface area contributed by atoms with E-state index in [1.54, 1.807) is 16.0 Å². The van der Waals surface area contributed by atoms with Gasteiger partial charge in [-0.05, 0) is 81.7 Å². The highest BCUT2D eigenvalue weighted by molar-refractivity contribution is 6.06. The number of benzene rings is 1. The first-order valence-electron chi connectivity index (χ1n) is 15.1. The predicted octanol–water partition coefficient (Wildman–Crippen LogP) is 4.28. The van der Waals surface area contributed by atoms with E-state index in [0.29, 0.717) is 30.9 Å². The maximum absolute atomic E-state index is 13.7. The molecule has 2 aliphatic heterocycles. The second kappa shape index (κ2) is 10.1. The summed E-state index contributed by atoms with van der Waals surface area (Å²) in [6.07, 6.45) is 3.94. The number of aromatic nitrogens is 1. The first-order chi connectivity index (χ1) is 20.1. The first kappa shape index (κ1) is 29.1. The van der Waals surface area contributed by atoms with Gasteiger partial charge < -0.3 is 25.2 Å². The van der Waals surface area contributed by atoms with Crippen LogP contribution in [0, 0.1) is 11.3 Å². The SMILES string of the molecule is CC(C)(C)OC(=O)N1CC2CC1C(N(CC(=O)Nc1ccc3c(c1)C[C@@]1(C3)C(=O)Nc3ncccc31)C(=O)C(C)(C)C)C2. The highest BCUT2D eigenvalue weighted by atomic mass is 16.6. The molecule has 228 valence electrons. The van der Waals surface area contributed by atoms with Crippen molar-refractivity contribution < 1.29 is 23.9 Å². The minimum absolute atomic E-state index is 0.0504. The maximum Gasteiger partial charge on any atom is 0.410 e. The second-order valence-corrected chi connectivity index (χ2v) is 14.6. The number of nitrogens with zero attached hydrogens (tertiary/aromatic N) is 3. The van der Waals surface area contributed by atoms with Crippen molar-refractivity contribution in [1.29, 1.82) is 0 Å². The number of piperidine rings is 1. The van der Waals surface area contributed by atoms with Gasteiger partial charge in [0.15, 0.2) is 0 Å². The number of likely N-dealkylation sites (tertiary alicyclic amines) is 1. The van der Waals surface area contributed by atoms with Crippen LogP contribution in [0.15, 0.2) is 36.5 Å². The van der Waals surface area contributed by atoms with Crippen LogP contribution in [0.1, 0.15) is 71.1 Å². The Bertz CT molecular complexity index is 1510. The van der Waals surface area contributed by atoms with E-state index in [1.165, 1.54) is 0 Å². The van der Waals surface area contributed by atoms with E-state index < -0.39 is 16.4 Å². The lowest BCUT2D eigenvalue weighted by Gasteiger charge is -2.42. The summed E-state index contributed by atoms with van der Waals surface area (Å²) in [5.74, 6) is 0.400. The number of hydrogen-bond acceptors (Lipinski definition) is 6. The highest BCUT2D eigenvalue weighted by Gasteiger charge is 2.53. The number of pyridine rings is 1. The summed E-state index contributed by atoms with van der Waals surface area (Å²) in [6.45, 7) is 11.6. The zero-order chi connectivity index (χ0) is 30.9. The lowest BCUT2D eigenvalue weighted by molar-refractivity contribution is -0.146. The minimum Gasteiger partial charge on any atom is -0.444 e. The van der Waals surface area contributed by atoms with E-state index in [2.05, 4.69) is 15.6 Å². The molecule has 4 amide bonds. The molecule has 10 heteroatoms. The number of anilines is 2. The number of amides is 4. The average Bonchev–Trinajstić information content (AvgIpc) is 3.67. The van der Waals surface area contributed by atoms with Gasteiger partial charge in [0.25, 0.3) is 0 Å². The van der Waals surface area contributed by atoms with Crippen molar-refractivity contribution in [3.8, 4) is 0 Å². The van der Waals surface area contributed by atoms with Crippen molar-refractivity contribution in [2.24, 2.45) is 11.3 Å². The molecule has 1 saturated heterocycles. The van der Waals surface area contributed by atoms with Crippen LogP contribution in [-0.2, 0) is 37.4 Å². The van der Waals surface area contributed by atoms with Crippen LogP contribution < -0.4 is 10.6 Å². The Balaban J connectivity index is 1.18. The number of nitrogens with one attached hydrogen (secondary N) is 2. The smallest absolute Gasteiger partial charge is 0.410 e. The van der Waals surface area contributed by atoms with E-state index in [-0.39, 0.29) is 48.4 Å². The van der Waals surface area contributed by atoms with Crippen LogP contribution in [0.5, 0.6) is 0 Å². The van der Waals surface area contributed by atoms with E-state index in [4.69, 9.17) is 4.74 Å². The molecule has 1 saturated carbocycles. The van der Waals surface area contributed by atoms with Crippen LogP contribution >= 0.6 is 0 Å². The Morgan fingerprint density at radius 3 is 2.53 bits per heavy atom. The summed E-state index contributed by atoms with van der Waals surface area (Å²) in [5.41, 5.74) is 1.60. The van der Waals surface area contributed by atoms with E-state index in [0.717, 1.165) is 29.5 Å². The van der Waals surface area contributed by atoms with Crippen LogP contribution in [0.2, 0.25) is 0 Å². The predicted molar refractivity (Wildman–Crippen MR) is 161 cm³/mol. The number of fused-ring (bicyclic) bond motifs is 5. The number of rotatable bonds is 4. The van der Waals surface area contributed by atoms with E-state index in [9.17, 15) is 19.2 Å². The van der Waals surface area contributed by atoms with Crippen LogP contribution in [0.4, 0.5) is 16.3 Å². The van der Waals surface area contributed by atoms with Crippen molar-refractivity contribution in [2.45, 2.75) is 90.3 Å². The Labute approximate surface area is 252 Å². The normalized spacial score (nSPS) is 25.4. The third-order valence-corrected chi connectivity index (χ3v) is 9.16. The van der Waals surface area contributed by atoms with Gasteiger partial charge >= 0.3 is 6.09 Å². The largest absolute Gasteiger partial charge is 0.444 e. The number of ether oxygens (including phenoxy) is 1. The monoisotopic (exact) mass is 587 g/mol. The van der Waals surface area contributed by atoms with Gasteiger partial charge in [-0.15, -0.1) is 0 Å². The average molecular weight is 588 g/mol. The van der Waals surface area contributed by atoms with Crippen molar-refractivity contribution >= 4 is 35.3 Å². The van der Waals surface area contributed by atoms with Crippen molar-refractivity contribution in [2.75, 3.05) is 23.7 Å². The fraction of sp³-hybridized carbons (Fsp3) is 0.545. The summed E-state index contributed by atoms with van der Waals surface area (Å²) in [7, 11) is 0. The third kappa shape index (κ3) is 5.25. The summed E-state index contributed by atoms with van der Waals surface area (Å²) in [6, 6.07) is 9.10. The summed E-state index contributed by atoms with van der Waals surface area (Å²) < 4.78 is 5.66. The van der Waals surface area contributed by atoms with Crippen molar-refractivity contribution in [3.63, 3.8) is 0 Å². The quantitative estimate of drug-likeness (QED) is 0.551. The standard InChI is InChI=1S/C33H41N5O5/c1-31(2,3)29(41)37(24-12-19-13-25(24)38(17-19)30(42)43-32(4,5)6)18-26(39)35-22-10-9-20-15-33(16-21(20)14-22)23-8-7-11-34-27(23)36-28(33)40/h7-11,14,19,24-25H,12-13,15-18H2,1-6H3,(H,35,39)(H,34,36,40)/t19?,24?,25?,33-/m1/s1. The lowest BCUT2D eigenvalue weighted by atomic mass is 9.79. The first-order valence-corrected chi connectivity index (χ1v) is 15.1. The lowest BCUT2D eigenvalue weighted by Crippen LogP contribution is -2.57. The van der Waals surface area contributed by atoms with Gasteiger partial charge in [-0.3, -0.25) is 14.4 Å².